The van der Waals surface area contributed by atoms with Crippen molar-refractivity contribution in [3.8, 4) is 0 Å². The summed E-state index contributed by atoms with van der Waals surface area (Å²) in [6, 6.07) is 15.5. The Morgan fingerprint density at radius 2 is 1.89 bits per heavy atom. The third-order valence-corrected chi connectivity index (χ3v) is 6.26. The van der Waals surface area contributed by atoms with Crippen LogP contribution in [-0.2, 0) is 16.1 Å². The third-order valence-electron chi connectivity index (χ3n) is 4.08. The van der Waals surface area contributed by atoms with Gasteiger partial charge >= 0.3 is 0 Å². The van der Waals surface area contributed by atoms with Crippen molar-refractivity contribution in [2.45, 2.75) is 24.7 Å². The Labute approximate surface area is 166 Å². The van der Waals surface area contributed by atoms with E-state index in [0.29, 0.717) is 18.8 Å². The Balaban J connectivity index is 1.63. The number of nitrogens with one attached hydrogen (secondary N) is 1. The van der Waals surface area contributed by atoms with Crippen molar-refractivity contribution in [1.82, 2.24) is 9.88 Å². The minimum absolute atomic E-state index is 0.0185. The number of thioether (sulfide) groups is 1. The van der Waals surface area contributed by atoms with Gasteiger partial charge in [0.25, 0.3) is 0 Å². The molecule has 0 saturated carbocycles. The normalized spacial score (nSPS) is 10.7. The van der Waals surface area contributed by atoms with Gasteiger partial charge in [0, 0.05) is 25.7 Å². The molecule has 0 aliphatic carbocycles. The van der Waals surface area contributed by atoms with Crippen molar-refractivity contribution in [3.05, 3.63) is 54.1 Å². The van der Waals surface area contributed by atoms with Gasteiger partial charge in [-0.2, -0.15) is 0 Å². The molecule has 140 valence electrons. The topological polar surface area (TPSA) is 62.3 Å². The van der Waals surface area contributed by atoms with Gasteiger partial charge < -0.3 is 10.2 Å². The highest BCUT2D eigenvalue weighted by molar-refractivity contribution is 8.01. The largest absolute Gasteiger partial charge is 0.339 e. The lowest BCUT2D eigenvalue weighted by molar-refractivity contribution is -0.129. The van der Waals surface area contributed by atoms with Crippen LogP contribution in [0.25, 0.3) is 10.2 Å². The van der Waals surface area contributed by atoms with Gasteiger partial charge in [0.15, 0.2) is 4.34 Å². The molecule has 0 fully saturated rings. The average molecular weight is 400 g/mol. The summed E-state index contributed by atoms with van der Waals surface area (Å²) in [4.78, 5) is 30.4. The second-order valence-corrected chi connectivity index (χ2v) is 8.23. The molecule has 0 bridgehead atoms. The number of fused-ring (bicyclic) bond motifs is 1. The molecule has 0 atom stereocenters. The molecule has 0 unspecified atom stereocenters. The van der Waals surface area contributed by atoms with Crippen LogP contribution < -0.4 is 5.32 Å². The summed E-state index contributed by atoms with van der Waals surface area (Å²) in [7, 11) is 0. The van der Waals surface area contributed by atoms with Crippen LogP contribution in [0.4, 0.5) is 5.69 Å². The van der Waals surface area contributed by atoms with Crippen LogP contribution in [0, 0.1) is 0 Å². The van der Waals surface area contributed by atoms with Crippen molar-refractivity contribution >= 4 is 50.8 Å². The van der Waals surface area contributed by atoms with Crippen LogP contribution in [0.1, 0.15) is 19.4 Å². The summed E-state index contributed by atoms with van der Waals surface area (Å²) in [5.41, 5.74) is 2.62. The SMILES string of the molecule is CCN(Cc1ccccc1NC(=O)CSc1nc2ccccc2s1)C(C)=O. The van der Waals surface area contributed by atoms with Gasteiger partial charge in [0.05, 0.1) is 16.0 Å². The van der Waals surface area contributed by atoms with Gasteiger partial charge in [0.2, 0.25) is 11.8 Å². The zero-order valence-corrected chi connectivity index (χ0v) is 16.9. The van der Waals surface area contributed by atoms with Crippen LogP contribution >= 0.6 is 23.1 Å². The third kappa shape index (κ3) is 5.08. The van der Waals surface area contributed by atoms with Gasteiger partial charge in [-0.3, -0.25) is 9.59 Å². The van der Waals surface area contributed by atoms with Crippen molar-refractivity contribution in [2.75, 3.05) is 17.6 Å². The molecular weight excluding hydrogens is 378 g/mol. The van der Waals surface area contributed by atoms with E-state index in [4.69, 9.17) is 0 Å². The molecule has 0 saturated heterocycles. The summed E-state index contributed by atoms with van der Waals surface area (Å²) in [6.45, 7) is 4.61. The predicted molar refractivity (Wildman–Crippen MR) is 112 cm³/mol. The summed E-state index contributed by atoms with van der Waals surface area (Å²) in [5, 5.41) is 2.96. The number of nitrogens with zero attached hydrogens (tertiary/aromatic N) is 2. The zero-order chi connectivity index (χ0) is 19.2. The molecule has 0 aliphatic heterocycles. The molecule has 1 N–H and O–H groups in total. The maximum atomic E-state index is 12.4. The van der Waals surface area contributed by atoms with E-state index in [2.05, 4.69) is 10.3 Å². The molecule has 3 aromatic rings. The number of para-hydroxylation sites is 2. The van der Waals surface area contributed by atoms with Gasteiger partial charge in [-0.15, -0.1) is 11.3 Å². The number of thiazole rings is 1. The first-order valence-electron chi connectivity index (χ1n) is 8.68. The number of hydrogen-bond acceptors (Lipinski definition) is 5. The predicted octanol–water partition coefficient (Wildman–Crippen LogP) is 4.40. The summed E-state index contributed by atoms with van der Waals surface area (Å²) < 4.78 is 2.00. The smallest absolute Gasteiger partial charge is 0.234 e. The van der Waals surface area contributed by atoms with Crippen molar-refractivity contribution in [3.63, 3.8) is 0 Å². The number of aromatic nitrogens is 1. The molecule has 5 nitrogen and oxygen atoms in total. The zero-order valence-electron chi connectivity index (χ0n) is 15.3. The standard InChI is InChI=1S/C20H21N3O2S2/c1-3-23(14(2)24)12-15-8-4-5-9-16(15)21-19(25)13-26-20-22-17-10-6-7-11-18(17)27-20/h4-11H,3,12-13H2,1-2H3,(H,21,25). The molecule has 7 heteroatoms. The molecule has 27 heavy (non-hydrogen) atoms. The Hall–Kier alpha value is -2.38. The van der Waals surface area contributed by atoms with E-state index < -0.39 is 0 Å². The van der Waals surface area contributed by atoms with E-state index in [1.165, 1.54) is 11.8 Å². The van der Waals surface area contributed by atoms with Crippen molar-refractivity contribution in [1.29, 1.82) is 0 Å². The van der Waals surface area contributed by atoms with Crippen LogP contribution in [0.15, 0.2) is 52.9 Å². The quantitative estimate of drug-likeness (QED) is 0.598. The van der Waals surface area contributed by atoms with Crippen molar-refractivity contribution in [2.24, 2.45) is 0 Å². The van der Waals surface area contributed by atoms with E-state index >= 15 is 0 Å². The van der Waals surface area contributed by atoms with E-state index in [1.54, 1.807) is 23.2 Å². The Morgan fingerprint density at radius 3 is 2.63 bits per heavy atom. The second kappa shape index (κ2) is 9.01. The van der Waals surface area contributed by atoms with Gasteiger partial charge in [-0.05, 0) is 30.7 Å². The maximum Gasteiger partial charge on any atom is 0.234 e. The van der Waals surface area contributed by atoms with E-state index in [-0.39, 0.29) is 11.8 Å². The average Bonchev–Trinajstić information content (AvgIpc) is 3.08. The first kappa shape index (κ1) is 19.4. The van der Waals surface area contributed by atoms with Gasteiger partial charge in [-0.25, -0.2) is 4.98 Å². The molecule has 0 aliphatic rings. The molecule has 1 aromatic heterocycles. The monoisotopic (exact) mass is 399 g/mol. The van der Waals surface area contributed by atoms with E-state index in [9.17, 15) is 9.59 Å². The summed E-state index contributed by atoms with van der Waals surface area (Å²) in [5.74, 6) is 0.223. The Bertz CT molecular complexity index is 922. The number of rotatable bonds is 7. The molecular formula is C20H21N3O2S2. The minimum Gasteiger partial charge on any atom is -0.339 e. The minimum atomic E-state index is -0.0856. The molecule has 1 heterocycles. The van der Waals surface area contributed by atoms with Crippen LogP contribution in [0.2, 0.25) is 0 Å². The number of hydrogen-bond donors (Lipinski definition) is 1. The Morgan fingerprint density at radius 1 is 1.15 bits per heavy atom. The fraction of sp³-hybridized carbons (Fsp3) is 0.250. The van der Waals surface area contributed by atoms with E-state index in [1.807, 2.05) is 55.5 Å². The highest BCUT2D eigenvalue weighted by atomic mass is 32.2. The number of carbonyl (C=O) groups excluding carboxylic acids is 2. The molecule has 3 rings (SSSR count). The Kier molecular flexibility index (Phi) is 6.47. The van der Waals surface area contributed by atoms with Crippen molar-refractivity contribution < 1.29 is 9.59 Å². The highest BCUT2D eigenvalue weighted by Crippen LogP contribution is 2.29. The number of carbonyl (C=O) groups is 2. The first-order chi connectivity index (χ1) is 13.1. The van der Waals surface area contributed by atoms with E-state index in [0.717, 1.165) is 25.8 Å². The molecule has 0 spiro atoms. The lowest BCUT2D eigenvalue weighted by atomic mass is 10.1. The van der Waals surface area contributed by atoms with Gasteiger partial charge in [0.1, 0.15) is 0 Å². The van der Waals surface area contributed by atoms with Crippen LogP contribution in [0.3, 0.4) is 0 Å². The highest BCUT2D eigenvalue weighted by Gasteiger charge is 2.13. The van der Waals surface area contributed by atoms with Gasteiger partial charge in [-0.1, -0.05) is 42.1 Å². The number of anilines is 1. The number of benzene rings is 2. The lowest BCUT2D eigenvalue weighted by Crippen LogP contribution is -2.28. The molecule has 2 amide bonds. The fourth-order valence-corrected chi connectivity index (χ4v) is 4.53. The first-order valence-corrected chi connectivity index (χ1v) is 10.5. The number of amides is 2. The maximum absolute atomic E-state index is 12.4. The molecule has 0 radical (unpaired) electrons. The van der Waals surface area contributed by atoms with Crippen LogP contribution in [0.5, 0.6) is 0 Å². The fourth-order valence-electron chi connectivity index (χ4n) is 2.66. The molecule has 2 aromatic carbocycles. The lowest BCUT2D eigenvalue weighted by Gasteiger charge is -2.21. The summed E-state index contributed by atoms with van der Waals surface area (Å²) in [6.07, 6.45) is 0. The van der Waals surface area contributed by atoms with Crippen LogP contribution in [-0.4, -0.2) is 34.0 Å². The summed E-state index contributed by atoms with van der Waals surface area (Å²) >= 11 is 3.02. The second-order valence-electron chi connectivity index (χ2n) is 5.97.